The Bertz CT molecular complexity index is 1070. The first-order valence-corrected chi connectivity index (χ1v) is 10.2. The molecule has 2 aromatic carbocycles. The van der Waals surface area contributed by atoms with E-state index in [2.05, 4.69) is 10.2 Å². The molecule has 4 amide bonds. The van der Waals surface area contributed by atoms with Crippen molar-refractivity contribution in [2.45, 2.75) is 25.3 Å². The van der Waals surface area contributed by atoms with Crippen molar-refractivity contribution >= 4 is 52.4 Å². The predicted molar refractivity (Wildman–Crippen MR) is 110 cm³/mol. The number of nitrogens with zero attached hydrogens (tertiary/aromatic N) is 2. The van der Waals surface area contributed by atoms with Crippen LogP contribution in [0.2, 0.25) is 10.0 Å². The molecule has 1 N–H and O–H groups in total. The average molecular weight is 430 g/mol. The monoisotopic (exact) mass is 429 g/mol. The molecule has 2 saturated heterocycles. The number of hydrogen-bond donors (Lipinski definition) is 1. The zero-order chi connectivity index (χ0) is 20.3. The number of carbonyl (C=O) groups excluding carboxylic acids is 3. The number of anilines is 2. The van der Waals surface area contributed by atoms with Gasteiger partial charge in [-0.05, 0) is 49.1 Å². The molecule has 0 aromatic heterocycles. The van der Waals surface area contributed by atoms with Crippen molar-refractivity contribution in [3.63, 3.8) is 0 Å². The number of benzene rings is 2. The normalized spacial score (nSPS) is 25.9. The van der Waals surface area contributed by atoms with Crippen LogP contribution in [-0.4, -0.2) is 30.4 Å². The van der Waals surface area contributed by atoms with Crippen LogP contribution in [0.3, 0.4) is 0 Å². The zero-order valence-electron chi connectivity index (χ0n) is 15.3. The number of imide groups is 2. The lowest BCUT2D eigenvalue weighted by atomic mass is 9.68. The van der Waals surface area contributed by atoms with Gasteiger partial charge in [-0.1, -0.05) is 41.4 Å². The van der Waals surface area contributed by atoms with E-state index in [1.165, 1.54) is 12.1 Å². The molecular weight excluding hydrogens is 413 g/mol. The number of barbiturate groups is 1. The molecule has 0 saturated carbocycles. The predicted octanol–water partition coefficient (Wildman–Crippen LogP) is 3.79. The lowest BCUT2D eigenvalue weighted by Gasteiger charge is -2.49. The number of nitrogens with one attached hydrogen (secondary N) is 1. The summed E-state index contributed by atoms with van der Waals surface area (Å²) in [6.07, 6.45) is 1.79. The van der Waals surface area contributed by atoms with Crippen LogP contribution in [0.5, 0.6) is 0 Å². The molecule has 8 heteroatoms. The summed E-state index contributed by atoms with van der Waals surface area (Å²) < 4.78 is 0. The Balaban J connectivity index is 1.68. The van der Waals surface area contributed by atoms with Crippen molar-refractivity contribution in [3.8, 4) is 0 Å². The van der Waals surface area contributed by atoms with Gasteiger partial charge in [-0.15, -0.1) is 0 Å². The number of para-hydroxylation sites is 1. The van der Waals surface area contributed by atoms with Gasteiger partial charge in [-0.2, -0.15) is 0 Å². The van der Waals surface area contributed by atoms with E-state index in [9.17, 15) is 14.4 Å². The smallest absolute Gasteiger partial charge is 0.335 e. The quantitative estimate of drug-likeness (QED) is 0.700. The fourth-order valence-corrected chi connectivity index (χ4v) is 5.27. The highest BCUT2D eigenvalue weighted by Gasteiger charge is 2.63. The van der Waals surface area contributed by atoms with E-state index in [4.69, 9.17) is 23.2 Å². The van der Waals surface area contributed by atoms with Gasteiger partial charge in [0, 0.05) is 17.3 Å². The minimum Gasteiger partial charge on any atom is -0.367 e. The molecule has 148 valence electrons. The van der Waals surface area contributed by atoms with E-state index in [1.807, 2.05) is 24.3 Å². The van der Waals surface area contributed by atoms with Crippen molar-refractivity contribution in [2.24, 2.45) is 5.41 Å². The number of rotatable bonds is 1. The van der Waals surface area contributed by atoms with E-state index in [1.54, 1.807) is 6.07 Å². The van der Waals surface area contributed by atoms with Crippen molar-refractivity contribution in [3.05, 3.63) is 58.1 Å². The van der Waals surface area contributed by atoms with Gasteiger partial charge in [0.1, 0.15) is 0 Å². The molecule has 6 nitrogen and oxygen atoms in total. The van der Waals surface area contributed by atoms with Gasteiger partial charge in [0.25, 0.3) is 5.91 Å². The van der Waals surface area contributed by atoms with Crippen molar-refractivity contribution in [2.75, 3.05) is 16.3 Å². The van der Waals surface area contributed by atoms with Gasteiger partial charge >= 0.3 is 6.03 Å². The van der Waals surface area contributed by atoms with Crippen LogP contribution in [0.15, 0.2) is 42.5 Å². The van der Waals surface area contributed by atoms with Crippen molar-refractivity contribution < 1.29 is 14.4 Å². The standard InChI is InChI=1S/C21H17Cl2N3O3/c22-13-7-8-14(23)16(10-13)26-19(28)21(18(27)24-20(26)29)11-12-4-1-2-5-15(12)25-9-3-6-17(21)25/h1-2,4-5,7-8,10,17H,3,6,9,11H2,(H,24,27,29)/t17-,21+/m1/s1. The summed E-state index contributed by atoms with van der Waals surface area (Å²) in [5.74, 6) is -1.10. The van der Waals surface area contributed by atoms with Gasteiger partial charge in [0.05, 0.1) is 16.8 Å². The second-order valence-electron chi connectivity index (χ2n) is 7.62. The average Bonchev–Trinajstić information content (AvgIpc) is 3.19. The Morgan fingerprint density at radius 1 is 1.03 bits per heavy atom. The Hall–Kier alpha value is -2.57. The van der Waals surface area contributed by atoms with Crippen LogP contribution in [0.25, 0.3) is 0 Å². The highest BCUT2D eigenvalue weighted by Crippen LogP contribution is 2.49. The van der Waals surface area contributed by atoms with Crippen LogP contribution in [0.1, 0.15) is 18.4 Å². The summed E-state index contributed by atoms with van der Waals surface area (Å²) >= 11 is 12.4. The first-order chi connectivity index (χ1) is 13.9. The molecule has 2 fully saturated rings. The maximum Gasteiger partial charge on any atom is 0.335 e. The summed E-state index contributed by atoms with van der Waals surface area (Å²) in [5, 5.41) is 2.96. The molecule has 3 aliphatic heterocycles. The molecule has 29 heavy (non-hydrogen) atoms. The van der Waals surface area contributed by atoms with Crippen LogP contribution < -0.4 is 15.1 Å². The highest BCUT2D eigenvalue weighted by molar-refractivity contribution is 6.39. The molecule has 0 aliphatic carbocycles. The first-order valence-electron chi connectivity index (χ1n) is 9.43. The van der Waals surface area contributed by atoms with Crippen LogP contribution in [0, 0.1) is 5.41 Å². The van der Waals surface area contributed by atoms with E-state index in [-0.39, 0.29) is 23.2 Å². The van der Waals surface area contributed by atoms with E-state index >= 15 is 0 Å². The minimum atomic E-state index is -1.40. The van der Waals surface area contributed by atoms with Gasteiger partial charge in [0.15, 0.2) is 5.41 Å². The van der Waals surface area contributed by atoms with Crippen molar-refractivity contribution in [1.82, 2.24) is 5.32 Å². The second kappa shape index (κ2) is 6.47. The summed E-state index contributed by atoms with van der Waals surface area (Å²) in [5.41, 5.74) is 0.743. The number of carbonyl (C=O) groups is 3. The number of amides is 4. The molecule has 0 radical (unpaired) electrons. The molecule has 5 rings (SSSR count). The fourth-order valence-electron chi connectivity index (χ4n) is 4.91. The molecule has 2 atom stereocenters. The maximum absolute atomic E-state index is 13.9. The van der Waals surface area contributed by atoms with E-state index < -0.39 is 23.3 Å². The number of urea groups is 1. The van der Waals surface area contributed by atoms with Gasteiger partial charge in [-0.3, -0.25) is 14.9 Å². The summed E-state index contributed by atoms with van der Waals surface area (Å²) in [6, 6.07) is 11.2. The topological polar surface area (TPSA) is 69.7 Å². The van der Waals surface area contributed by atoms with Crippen molar-refractivity contribution in [1.29, 1.82) is 0 Å². The SMILES string of the molecule is O=C1NC(=O)[C@@]2(Cc3ccccc3N3CCC[C@@H]32)C(=O)N1c1cc(Cl)ccc1Cl. The number of hydrogen-bond acceptors (Lipinski definition) is 4. The third kappa shape index (κ3) is 2.52. The van der Waals surface area contributed by atoms with Gasteiger partial charge in [0.2, 0.25) is 5.91 Å². The molecular formula is C21H17Cl2N3O3. The largest absolute Gasteiger partial charge is 0.367 e. The van der Waals surface area contributed by atoms with Gasteiger partial charge in [-0.25, -0.2) is 9.69 Å². The third-order valence-electron chi connectivity index (χ3n) is 6.15. The van der Waals surface area contributed by atoms with Gasteiger partial charge < -0.3 is 4.90 Å². The first kappa shape index (κ1) is 18.5. The molecule has 2 aromatic rings. The van der Waals surface area contributed by atoms with E-state index in [0.717, 1.165) is 29.1 Å². The third-order valence-corrected chi connectivity index (χ3v) is 6.71. The Kier molecular flexibility index (Phi) is 4.12. The lowest BCUT2D eigenvalue weighted by molar-refractivity contribution is -0.144. The summed E-state index contributed by atoms with van der Waals surface area (Å²) in [4.78, 5) is 42.9. The molecule has 0 unspecified atom stereocenters. The summed E-state index contributed by atoms with van der Waals surface area (Å²) in [7, 11) is 0. The van der Waals surface area contributed by atoms with Crippen LogP contribution in [0.4, 0.5) is 16.2 Å². The Morgan fingerprint density at radius 3 is 2.66 bits per heavy atom. The fraction of sp³-hybridized carbons (Fsp3) is 0.286. The van der Waals surface area contributed by atoms with Crippen LogP contribution >= 0.6 is 23.2 Å². The number of fused-ring (bicyclic) bond motifs is 4. The van der Waals surface area contributed by atoms with E-state index in [0.29, 0.717) is 11.4 Å². The molecule has 3 aliphatic rings. The highest BCUT2D eigenvalue weighted by atomic mass is 35.5. The van der Waals surface area contributed by atoms with Crippen LogP contribution in [-0.2, 0) is 16.0 Å². The lowest BCUT2D eigenvalue weighted by Crippen LogP contribution is -2.71. The zero-order valence-corrected chi connectivity index (χ0v) is 16.8. The Labute approximate surface area is 177 Å². The second-order valence-corrected chi connectivity index (χ2v) is 8.47. The molecule has 1 spiro atoms. The number of halogens is 2. The summed E-state index contributed by atoms with van der Waals surface area (Å²) in [6.45, 7) is 0.760. The molecule has 0 bridgehead atoms. The minimum absolute atomic E-state index is 0.178. The maximum atomic E-state index is 13.9. The Morgan fingerprint density at radius 2 is 1.83 bits per heavy atom. The molecule has 3 heterocycles.